The molecule has 2 atom stereocenters. The quantitative estimate of drug-likeness (QED) is 0.843. The predicted molar refractivity (Wildman–Crippen MR) is 77.5 cm³/mol. The number of rotatable bonds is 2. The van der Waals surface area contributed by atoms with Crippen molar-refractivity contribution in [3.63, 3.8) is 0 Å². The molecule has 1 saturated heterocycles. The van der Waals surface area contributed by atoms with E-state index in [1.165, 1.54) is 24.8 Å². The van der Waals surface area contributed by atoms with Crippen molar-refractivity contribution in [1.29, 1.82) is 0 Å². The molecule has 3 rings (SSSR count). The Kier molecular flexibility index (Phi) is 3.76. The molecule has 1 fully saturated rings. The topological polar surface area (TPSA) is 34.1 Å². The largest absolute Gasteiger partial charge is 0.494 e. The van der Waals surface area contributed by atoms with Crippen LogP contribution in [0.15, 0.2) is 18.3 Å². The Morgan fingerprint density at radius 2 is 2.32 bits per heavy atom. The maximum Gasteiger partial charge on any atom is 0.171 e. The van der Waals surface area contributed by atoms with Crippen LogP contribution in [0.4, 0.5) is 0 Å². The zero-order chi connectivity index (χ0) is 13.2. The molecule has 3 nitrogen and oxygen atoms in total. The molecule has 0 unspecified atom stereocenters. The predicted octanol–water partition coefficient (Wildman–Crippen LogP) is 3.29. The van der Waals surface area contributed by atoms with Crippen molar-refractivity contribution >= 4 is 17.2 Å². The monoisotopic (exact) mass is 278 g/mol. The Labute approximate surface area is 119 Å². The van der Waals surface area contributed by atoms with Gasteiger partial charge in [0, 0.05) is 12.2 Å². The van der Waals surface area contributed by atoms with Gasteiger partial charge in [0.05, 0.1) is 7.11 Å². The number of ether oxygens (including phenoxy) is 1. The van der Waals surface area contributed by atoms with E-state index in [0.717, 1.165) is 24.4 Å². The molecule has 1 aliphatic carbocycles. The minimum absolute atomic E-state index is 0.427. The first kappa shape index (κ1) is 12.9. The smallest absolute Gasteiger partial charge is 0.171 e. The van der Waals surface area contributed by atoms with Crippen molar-refractivity contribution in [3.05, 3.63) is 29.1 Å². The first-order valence-electron chi connectivity index (χ1n) is 6.92. The lowest BCUT2D eigenvalue weighted by atomic mass is 9.79. The number of hydrogen-bond donors (Lipinski definition) is 1. The van der Waals surface area contributed by atoms with E-state index in [1.807, 2.05) is 12.3 Å². The van der Waals surface area contributed by atoms with Crippen LogP contribution in [0.2, 0.25) is 5.15 Å². The van der Waals surface area contributed by atoms with E-state index in [9.17, 15) is 0 Å². The molecule has 0 aromatic carbocycles. The van der Waals surface area contributed by atoms with Crippen molar-refractivity contribution in [2.45, 2.75) is 31.7 Å². The average molecular weight is 279 g/mol. The molecule has 4 heteroatoms. The van der Waals surface area contributed by atoms with Gasteiger partial charge in [0.1, 0.15) is 0 Å². The molecule has 102 valence electrons. The zero-order valence-corrected chi connectivity index (χ0v) is 11.9. The minimum Gasteiger partial charge on any atom is -0.494 e. The molecule has 19 heavy (non-hydrogen) atoms. The van der Waals surface area contributed by atoms with E-state index in [0.29, 0.717) is 16.9 Å². The van der Waals surface area contributed by atoms with Crippen LogP contribution in [0.1, 0.15) is 31.2 Å². The van der Waals surface area contributed by atoms with Crippen molar-refractivity contribution in [2.75, 3.05) is 13.7 Å². The summed E-state index contributed by atoms with van der Waals surface area (Å²) in [4.78, 5) is 4.21. The Morgan fingerprint density at radius 3 is 3.16 bits per heavy atom. The van der Waals surface area contributed by atoms with E-state index in [1.54, 1.807) is 7.11 Å². The van der Waals surface area contributed by atoms with Crippen LogP contribution in [0.5, 0.6) is 5.75 Å². The number of halogens is 1. The van der Waals surface area contributed by atoms with Crippen LogP contribution in [0.25, 0.3) is 5.57 Å². The number of pyridine rings is 1. The van der Waals surface area contributed by atoms with Gasteiger partial charge in [-0.3, -0.25) is 0 Å². The van der Waals surface area contributed by atoms with Crippen LogP contribution in [-0.2, 0) is 0 Å². The summed E-state index contributed by atoms with van der Waals surface area (Å²) in [7, 11) is 1.63. The van der Waals surface area contributed by atoms with Crippen molar-refractivity contribution in [2.24, 2.45) is 5.92 Å². The SMILES string of the molecule is COc1cc(C2=C[C@H]3NCCC[C@H]3CC2)cnc1Cl. The van der Waals surface area contributed by atoms with Gasteiger partial charge in [-0.15, -0.1) is 0 Å². The number of aromatic nitrogens is 1. The van der Waals surface area contributed by atoms with E-state index >= 15 is 0 Å². The third kappa shape index (κ3) is 2.63. The first-order valence-corrected chi connectivity index (χ1v) is 7.29. The van der Waals surface area contributed by atoms with Gasteiger partial charge in [0.25, 0.3) is 0 Å². The van der Waals surface area contributed by atoms with Gasteiger partial charge in [-0.2, -0.15) is 0 Å². The van der Waals surface area contributed by atoms with Gasteiger partial charge >= 0.3 is 0 Å². The number of nitrogens with one attached hydrogen (secondary N) is 1. The second-order valence-corrected chi connectivity index (χ2v) is 5.69. The lowest BCUT2D eigenvalue weighted by molar-refractivity contribution is 0.298. The van der Waals surface area contributed by atoms with Gasteiger partial charge in [0.15, 0.2) is 10.9 Å². The molecule has 0 spiro atoms. The number of fused-ring (bicyclic) bond motifs is 1. The summed E-state index contributed by atoms with van der Waals surface area (Å²) in [6.45, 7) is 1.13. The maximum absolute atomic E-state index is 5.98. The van der Waals surface area contributed by atoms with Crippen molar-refractivity contribution in [1.82, 2.24) is 10.3 Å². The Balaban J connectivity index is 1.87. The fraction of sp³-hybridized carbons (Fsp3) is 0.533. The van der Waals surface area contributed by atoms with Gasteiger partial charge < -0.3 is 10.1 Å². The zero-order valence-electron chi connectivity index (χ0n) is 11.2. The summed E-state index contributed by atoms with van der Waals surface area (Å²) in [6.07, 6.45) is 9.26. The van der Waals surface area contributed by atoms with Gasteiger partial charge in [-0.25, -0.2) is 4.98 Å². The third-order valence-electron chi connectivity index (χ3n) is 4.20. The summed E-state index contributed by atoms with van der Waals surface area (Å²) in [5.41, 5.74) is 2.49. The highest BCUT2D eigenvalue weighted by Crippen LogP contribution is 2.35. The standard InChI is InChI=1S/C15H19ClN2O/c1-19-14-8-12(9-18-15(14)16)11-5-4-10-3-2-6-17-13(10)7-11/h7-10,13,17H,2-6H2,1H3/t10-,13+/m0/s1. The van der Waals surface area contributed by atoms with Crippen LogP contribution < -0.4 is 10.1 Å². The van der Waals surface area contributed by atoms with Crippen LogP contribution in [0.3, 0.4) is 0 Å². The normalized spacial score (nSPS) is 26.5. The summed E-state index contributed by atoms with van der Waals surface area (Å²) < 4.78 is 5.25. The Morgan fingerprint density at radius 1 is 1.42 bits per heavy atom. The van der Waals surface area contributed by atoms with E-state index in [2.05, 4.69) is 16.4 Å². The molecule has 0 saturated carbocycles. The molecule has 1 aromatic heterocycles. The third-order valence-corrected chi connectivity index (χ3v) is 4.49. The Bertz CT molecular complexity index is 501. The maximum atomic E-state index is 5.98. The Hall–Kier alpha value is -1.06. The van der Waals surface area contributed by atoms with Gasteiger partial charge in [-0.05, 0) is 55.3 Å². The molecule has 1 N–H and O–H groups in total. The highest BCUT2D eigenvalue weighted by molar-refractivity contribution is 6.30. The number of allylic oxidation sites excluding steroid dienone is 1. The molecule has 2 aliphatic rings. The highest BCUT2D eigenvalue weighted by atomic mass is 35.5. The van der Waals surface area contributed by atoms with Crippen molar-refractivity contribution < 1.29 is 4.74 Å². The summed E-state index contributed by atoms with van der Waals surface area (Å²) in [6, 6.07) is 2.52. The second-order valence-electron chi connectivity index (χ2n) is 5.33. The number of methoxy groups -OCH3 is 1. The molecular weight excluding hydrogens is 260 g/mol. The lowest BCUT2D eigenvalue weighted by Crippen LogP contribution is -2.41. The molecule has 0 radical (unpaired) electrons. The summed E-state index contributed by atoms with van der Waals surface area (Å²) in [5.74, 6) is 1.46. The molecule has 0 bridgehead atoms. The fourth-order valence-electron chi connectivity index (χ4n) is 3.13. The summed E-state index contributed by atoms with van der Waals surface area (Å²) in [5, 5.41) is 4.03. The molecule has 0 amide bonds. The van der Waals surface area contributed by atoms with Gasteiger partial charge in [-0.1, -0.05) is 17.7 Å². The molecular formula is C15H19ClN2O. The molecule has 2 heterocycles. The van der Waals surface area contributed by atoms with E-state index < -0.39 is 0 Å². The summed E-state index contributed by atoms with van der Waals surface area (Å²) >= 11 is 5.98. The van der Waals surface area contributed by atoms with Crippen LogP contribution >= 0.6 is 11.6 Å². The van der Waals surface area contributed by atoms with E-state index in [-0.39, 0.29) is 0 Å². The van der Waals surface area contributed by atoms with Crippen LogP contribution in [0, 0.1) is 5.92 Å². The van der Waals surface area contributed by atoms with Crippen molar-refractivity contribution in [3.8, 4) is 5.75 Å². The second kappa shape index (κ2) is 5.51. The fourth-order valence-corrected chi connectivity index (χ4v) is 3.31. The van der Waals surface area contributed by atoms with Gasteiger partial charge in [0.2, 0.25) is 0 Å². The van der Waals surface area contributed by atoms with E-state index in [4.69, 9.17) is 16.3 Å². The highest BCUT2D eigenvalue weighted by Gasteiger charge is 2.27. The average Bonchev–Trinajstić information content (AvgIpc) is 2.47. The number of hydrogen-bond acceptors (Lipinski definition) is 3. The lowest BCUT2D eigenvalue weighted by Gasteiger charge is -2.35. The van der Waals surface area contributed by atoms with Crippen LogP contribution in [-0.4, -0.2) is 24.7 Å². The molecule has 1 aromatic rings. The minimum atomic E-state index is 0.427. The number of nitrogens with zero attached hydrogens (tertiary/aromatic N) is 1. The first-order chi connectivity index (χ1) is 9.28. The number of piperidine rings is 1. The molecule has 1 aliphatic heterocycles.